The highest BCUT2D eigenvalue weighted by molar-refractivity contribution is 9.10. The summed E-state index contributed by atoms with van der Waals surface area (Å²) in [5.74, 6) is 0.949. The minimum atomic E-state index is -0.116. The Hall–Kier alpha value is -0.190. The van der Waals surface area contributed by atoms with E-state index in [1.807, 2.05) is 6.92 Å². The summed E-state index contributed by atoms with van der Waals surface area (Å²) in [5, 5.41) is 0.431. The summed E-state index contributed by atoms with van der Waals surface area (Å²) in [7, 11) is 1.65. The van der Waals surface area contributed by atoms with Gasteiger partial charge in [-0.25, -0.2) is 9.97 Å². The first-order valence-corrected chi connectivity index (χ1v) is 5.86. The van der Waals surface area contributed by atoms with Crippen LogP contribution in [0.5, 0.6) is 0 Å². The molecular formula is C10H14BrClN2O. The fraction of sp³-hybridized carbons (Fsp3) is 0.600. The molecule has 0 aromatic carbocycles. The van der Waals surface area contributed by atoms with Crippen LogP contribution in [0.15, 0.2) is 4.47 Å². The predicted octanol–water partition coefficient (Wildman–Crippen LogP) is 3.54. The number of ether oxygens (including phenoxy) is 1. The van der Waals surface area contributed by atoms with E-state index >= 15 is 0 Å². The molecule has 5 heteroatoms. The Morgan fingerprint density at radius 3 is 2.33 bits per heavy atom. The molecule has 1 aromatic heterocycles. The van der Waals surface area contributed by atoms with E-state index in [-0.39, 0.29) is 6.10 Å². The highest BCUT2D eigenvalue weighted by atomic mass is 79.9. The average molecular weight is 294 g/mol. The number of aryl methyl sites for hydroxylation is 1. The first-order valence-electron chi connectivity index (χ1n) is 4.69. The number of methoxy groups -OCH3 is 1. The Labute approximate surface area is 103 Å². The zero-order valence-electron chi connectivity index (χ0n) is 9.21. The SMILES string of the molecule is COC(c1nc(C)c(Br)c(Cl)n1)C(C)C. The first-order chi connectivity index (χ1) is 6.97. The summed E-state index contributed by atoms with van der Waals surface area (Å²) in [6, 6.07) is 0. The highest BCUT2D eigenvalue weighted by Crippen LogP contribution is 2.28. The molecular weight excluding hydrogens is 279 g/mol. The van der Waals surface area contributed by atoms with Gasteiger partial charge in [-0.3, -0.25) is 0 Å². The minimum absolute atomic E-state index is 0.116. The van der Waals surface area contributed by atoms with Crippen LogP contribution >= 0.6 is 27.5 Å². The van der Waals surface area contributed by atoms with Crippen molar-refractivity contribution in [1.82, 2.24) is 9.97 Å². The third kappa shape index (κ3) is 2.89. The summed E-state index contributed by atoms with van der Waals surface area (Å²) in [6.07, 6.45) is -0.116. The van der Waals surface area contributed by atoms with Crippen LogP contribution in [0.2, 0.25) is 5.15 Å². The molecule has 1 unspecified atom stereocenters. The maximum atomic E-state index is 5.97. The van der Waals surface area contributed by atoms with E-state index in [9.17, 15) is 0 Å². The molecule has 0 bridgehead atoms. The van der Waals surface area contributed by atoms with Crippen molar-refractivity contribution in [2.24, 2.45) is 5.92 Å². The van der Waals surface area contributed by atoms with Gasteiger partial charge in [0, 0.05) is 7.11 Å². The second kappa shape index (κ2) is 5.23. The van der Waals surface area contributed by atoms with E-state index in [1.54, 1.807) is 7.11 Å². The maximum absolute atomic E-state index is 5.97. The fourth-order valence-electron chi connectivity index (χ4n) is 1.35. The molecule has 0 radical (unpaired) electrons. The lowest BCUT2D eigenvalue weighted by atomic mass is 10.1. The van der Waals surface area contributed by atoms with Gasteiger partial charge >= 0.3 is 0 Å². The molecule has 0 saturated carbocycles. The van der Waals surface area contributed by atoms with Crippen molar-refractivity contribution in [3.8, 4) is 0 Å². The molecule has 1 rings (SSSR count). The Morgan fingerprint density at radius 1 is 1.33 bits per heavy atom. The summed E-state index contributed by atoms with van der Waals surface area (Å²) in [4.78, 5) is 8.57. The molecule has 0 aliphatic rings. The normalized spacial score (nSPS) is 13.3. The van der Waals surface area contributed by atoms with Crippen molar-refractivity contribution < 1.29 is 4.74 Å². The summed E-state index contributed by atoms with van der Waals surface area (Å²) >= 11 is 9.29. The molecule has 0 aliphatic carbocycles. The van der Waals surface area contributed by atoms with E-state index in [4.69, 9.17) is 16.3 Å². The Balaban J connectivity index is 3.14. The van der Waals surface area contributed by atoms with Crippen LogP contribution in [0, 0.1) is 12.8 Å². The minimum Gasteiger partial charge on any atom is -0.373 e. The Kier molecular flexibility index (Phi) is 4.49. The first kappa shape index (κ1) is 12.9. The second-order valence-electron chi connectivity index (χ2n) is 3.67. The lowest BCUT2D eigenvalue weighted by Crippen LogP contribution is -2.13. The zero-order valence-corrected chi connectivity index (χ0v) is 11.6. The largest absolute Gasteiger partial charge is 0.373 e. The number of hydrogen-bond acceptors (Lipinski definition) is 3. The predicted molar refractivity (Wildman–Crippen MR) is 64.1 cm³/mol. The lowest BCUT2D eigenvalue weighted by molar-refractivity contribution is 0.0573. The van der Waals surface area contributed by atoms with Crippen molar-refractivity contribution in [2.45, 2.75) is 26.9 Å². The third-order valence-electron chi connectivity index (χ3n) is 2.11. The van der Waals surface area contributed by atoms with E-state index < -0.39 is 0 Å². The topological polar surface area (TPSA) is 35.0 Å². The zero-order chi connectivity index (χ0) is 11.6. The molecule has 3 nitrogen and oxygen atoms in total. The van der Waals surface area contributed by atoms with Gasteiger partial charge in [-0.05, 0) is 28.8 Å². The van der Waals surface area contributed by atoms with Crippen molar-refractivity contribution in [3.05, 3.63) is 21.1 Å². The molecule has 15 heavy (non-hydrogen) atoms. The number of hydrogen-bond donors (Lipinski definition) is 0. The van der Waals surface area contributed by atoms with Crippen molar-refractivity contribution in [1.29, 1.82) is 0 Å². The van der Waals surface area contributed by atoms with Gasteiger partial charge in [0.15, 0.2) is 5.82 Å². The van der Waals surface area contributed by atoms with E-state index in [2.05, 4.69) is 39.7 Å². The molecule has 0 N–H and O–H groups in total. The molecule has 1 aromatic rings. The molecule has 0 fully saturated rings. The van der Waals surface area contributed by atoms with Crippen molar-refractivity contribution in [3.63, 3.8) is 0 Å². The molecule has 0 spiro atoms. The average Bonchev–Trinajstić information content (AvgIpc) is 2.14. The van der Waals surface area contributed by atoms with Crippen LogP contribution in [0.25, 0.3) is 0 Å². The van der Waals surface area contributed by atoms with Gasteiger partial charge in [0.25, 0.3) is 0 Å². The smallest absolute Gasteiger partial charge is 0.159 e. The molecule has 1 atom stereocenters. The number of aromatic nitrogens is 2. The van der Waals surface area contributed by atoms with Gasteiger partial charge in [0.05, 0.1) is 10.2 Å². The highest BCUT2D eigenvalue weighted by Gasteiger charge is 2.20. The second-order valence-corrected chi connectivity index (χ2v) is 4.82. The number of halogens is 2. The maximum Gasteiger partial charge on any atom is 0.159 e. The van der Waals surface area contributed by atoms with Crippen LogP contribution in [-0.4, -0.2) is 17.1 Å². The summed E-state index contributed by atoms with van der Waals surface area (Å²) in [5.41, 5.74) is 0.827. The number of nitrogens with zero attached hydrogens (tertiary/aromatic N) is 2. The number of rotatable bonds is 3. The molecule has 0 amide bonds. The third-order valence-corrected chi connectivity index (χ3v) is 3.56. The Morgan fingerprint density at radius 2 is 1.93 bits per heavy atom. The van der Waals surface area contributed by atoms with Crippen molar-refractivity contribution >= 4 is 27.5 Å². The van der Waals surface area contributed by atoms with Gasteiger partial charge in [-0.1, -0.05) is 25.4 Å². The fourth-order valence-corrected chi connectivity index (χ4v) is 1.75. The van der Waals surface area contributed by atoms with Crippen LogP contribution in [0.1, 0.15) is 31.5 Å². The monoisotopic (exact) mass is 292 g/mol. The Bertz CT molecular complexity index is 334. The van der Waals surface area contributed by atoms with E-state index in [0.29, 0.717) is 16.9 Å². The van der Waals surface area contributed by atoms with Crippen molar-refractivity contribution in [2.75, 3.05) is 7.11 Å². The summed E-state index contributed by atoms with van der Waals surface area (Å²) in [6.45, 7) is 6.00. The van der Waals surface area contributed by atoms with E-state index in [0.717, 1.165) is 10.2 Å². The van der Waals surface area contributed by atoms with Gasteiger partial charge in [-0.2, -0.15) is 0 Å². The molecule has 0 aliphatic heterocycles. The van der Waals surface area contributed by atoms with Crippen LogP contribution in [0.3, 0.4) is 0 Å². The quantitative estimate of drug-likeness (QED) is 0.800. The summed E-state index contributed by atoms with van der Waals surface area (Å²) < 4.78 is 6.09. The standard InChI is InChI=1S/C10H14BrClN2O/c1-5(2)8(15-4)10-13-6(3)7(11)9(12)14-10/h5,8H,1-4H3. The van der Waals surface area contributed by atoms with Gasteiger partial charge < -0.3 is 4.74 Å². The molecule has 0 saturated heterocycles. The van der Waals surface area contributed by atoms with Crippen LogP contribution in [-0.2, 0) is 4.74 Å². The molecule has 1 heterocycles. The van der Waals surface area contributed by atoms with E-state index in [1.165, 1.54) is 0 Å². The molecule has 84 valence electrons. The van der Waals surface area contributed by atoms with Gasteiger partial charge in [0.1, 0.15) is 11.3 Å². The van der Waals surface area contributed by atoms with Gasteiger partial charge in [0.2, 0.25) is 0 Å². The van der Waals surface area contributed by atoms with Gasteiger partial charge in [-0.15, -0.1) is 0 Å². The van der Waals surface area contributed by atoms with Crippen LogP contribution in [0.4, 0.5) is 0 Å². The lowest BCUT2D eigenvalue weighted by Gasteiger charge is -2.18. The van der Waals surface area contributed by atoms with Crippen LogP contribution < -0.4 is 0 Å².